The Labute approximate surface area is 84.3 Å². The quantitative estimate of drug-likeness (QED) is 0.698. The maximum atomic E-state index is 5.91. The van der Waals surface area contributed by atoms with Crippen molar-refractivity contribution in [3.63, 3.8) is 0 Å². The second kappa shape index (κ2) is 4.09. The van der Waals surface area contributed by atoms with E-state index >= 15 is 0 Å². The molecule has 0 amide bonds. The molecule has 0 aliphatic heterocycles. The van der Waals surface area contributed by atoms with E-state index in [1.807, 2.05) is 0 Å². The molecule has 1 aromatic rings. The van der Waals surface area contributed by atoms with Gasteiger partial charge in [-0.25, -0.2) is 4.98 Å². The maximum Gasteiger partial charge on any atom is 0.137 e. The van der Waals surface area contributed by atoms with Crippen molar-refractivity contribution in [2.24, 2.45) is 5.73 Å². The summed E-state index contributed by atoms with van der Waals surface area (Å²) in [5.74, 6) is 0.988. The zero-order chi connectivity index (χ0) is 9.86. The van der Waals surface area contributed by atoms with Crippen LogP contribution in [0.1, 0.15) is 44.3 Å². The van der Waals surface area contributed by atoms with Gasteiger partial charge in [0.1, 0.15) is 12.2 Å². The third kappa shape index (κ3) is 1.66. The fourth-order valence-corrected chi connectivity index (χ4v) is 2.40. The van der Waals surface area contributed by atoms with Crippen LogP contribution in [0.3, 0.4) is 0 Å². The number of hydrogen-bond donors (Lipinski definition) is 2. The predicted octanol–water partition coefficient (Wildman–Crippen LogP) is 1.36. The highest BCUT2D eigenvalue weighted by Gasteiger charge is 2.33. The molecule has 78 valence electrons. The number of rotatable bonds is 2. The molecule has 1 aromatic heterocycles. The van der Waals surface area contributed by atoms with Gasteiger partial charge in [0, 0.05) is 12.0 Å². The summed E-state index contributed by atoms with van der Waals surface area (Å²) >= 11 is 0. The predicted molar refractivity (Wildman–Crippen MR) is 54.8 cm³/mol. The lowest BCUT2D eigenvalue weighted by Gasteiger charge is -2.28. The van der Waals surface area contributed by atoms with E-state index in [4.69, 9.17) is 5.73 Å². The lowest BCUT2D eigenvalue weighted by atomic mass is 9.80. The van der Waals surface area contributed by atoms with Crippen molar-refractivity contribution < 1.29 is 0 Å². The molecule has 0 aromatic carbocycles. The Morgan fingerprint density at radius 3 is 2.50 bits per heavy atom. The van der Waals surface area contributed by atoms with Crippen molar-refractivity contribution in [2.45, 2.75) is 43.9 Å². The molecule has 0 bridgehead atoms. The first kappa shape index (κ1) is 9.65. The number of nitrogens with two attached hydrogens (primary N) is 1. The normalized spacial score (nSPS) is 21.8. The molecule has 4 heteroatoms. The summed E-state index contributed by atoms with van der Waals surface area (Å²) in [6.45, 7) is 0.683. The second-order valence-electron chi connectivity index (χ2n) is 4.23. The number of aromatic nitrogens is 3. The molecule has 0 radical (unpaired) electrons. The van der Waals surface area contributed by atoms with Gasteiger partial charge in [-0.15, -0.1) is 0 Å². The Bertz CT molecular complexity index is 260. The topological polar surface area (TPSA) is 67.6 Å². The summed E-state index contributed by atoms with van der Waals surface area (Å²) in [7, 11) is 0. The van der Waals surface area contributed by atoms with Crippen LogP contribution < -0.4 is 5.73 Å². The van der Waals surface area contributed by atoms with Crippen LogP contribution in [0, 0.1) is 0 Å². The zero-order valence-corrected chi connectivity index (χ0v) is 8.50. The molecule has 4 nitrogen and oxygen atoms in total. The van der Waals surface area contributed by atoms with Gasteiger partial charge in [-0.05, 0) is 12.8 Å². The summed E-state index contributed by atoms with van der Waals surface area (Å²) in [4.78, 5) is 4.28. The number of aromatic amines is 1. The third-order valence-electron chi connectivity index (χ3n) is 3.37. The minimum absolute atomic E-state index is 0.0764. The van der Waals surface area contributed by atoms with Crippen LogP contribution >= 0.6 is 0 Å². The van der Waals surface area contributed by atoms with Crippen molar-refractivity contribution in [3.8, 4) is 0 Å². The monoisotopic (exact) mass is 194 g/mol. The van der Waals surface area contributed by atoms with E-state index in [0.29, 0.717) is 6.54 Å². The highest BCUT2D eigenvalue weighted by atomic mass is 15.2. The fraction of sp³-hybridized carbons (Fsp3) is 0.800. The minimum atomic E-state index is 0.0764. The summed E-state index contributed by atoms with van der Waals surface area (Å²) in [6.07, 6.45) is 9.07. The first-order valence-electron chi connectivity index (χ1n) is 5.43. The fourth-order valence-electron chi connectivity index (χ4n) is 2.40. The average Bonchev–Trinajstić information content (AvgIpc) is 2.64. The molecule has 1 fully saturated rings. The first-order valence-corrected chi connectivity index (χ1v) is 5.43. The standard InChI is InChI=1S/C10H18N4/c11-7-10(9-12-8-13-14-9)5-3-1-2-4-6-10/h8H,1-7,11H2,(H,12,13,14). The van der Waals surface area contributed by atoms with E-state index in [1.165, 1.54) is 25.7 Å². The van der Waals surface area contributed by atoms with Gasteiger partial charge in [0.05, 0.1) is 0 Å². The Hall–Kier alpha value is -0.900. The Kier molecular flexibility index (Phi) is 2.82. The summed E-state index contributed by atoms with van der Waals surface area (Å²) in [5.41, 5.74) is 5.99. The van der Waals surface area contributed by atoms with Crippen molar-refractivity contribution in [1.29, 1.82) is 0 Å². The molecular formula is C10H18N4. The van der Waals surface area contributed by atoms with Crippen LogP contribution in [0.25, 0.3) is 0 Å². The van der Waals surface area contributed by atoms with Crippen molar-refractivity contribution in [1.82, 2.24) is 15.2 Å². The van der Waals surface area contributed by atoms with Crippen molar-refractivity contribution in [2.75, 3.05) is 6.54 Å². The van der Waals surface area contributed by atoms with Gasteiger partial charge in [-0.2, -0.15) is 5.10 Å². The second-order valence-corrected chi connectivity index (χ2v) is 4.23. The summed E-state index contributed by atoms with van der Waals surface area (Å²) < 4.78 is 0. The molecule has 1 aliphatic carbocycles. The average molecular weight is 194 g/mol. The lowest BCUT2D eigenvalue weighted by molar-refractivity contribution is 0.360. The van der Waals surface area contributed by atoms with E-state index < -0.39 is 0 Å². The molecule has 1 aliphatic rings. The minimum Gasteiger partial charge on any atom is -0.329 e. The molecule has 1 saturated carbocycles. The smallest absolute Gasteiger partial charge is 0.137 e. The molecule has 0 saturated heterocycles. The van der Waals surface area contributed by atoms with Crippen LogP contribution in [-0.4, -0.2) is 21.7 Å². The highest BCUT2D eigenvalue weighted by molar-refractivity contribution is 5.07. The van der Waals surface area contributed by atoms with Crippen LogP contribution in [0.2, 0.25) is 0 Å². The van der Waals surface area contributed by atoms with Crippen molar-refractivity contribution in [3.05, 3.63) is 12.2 Å². The van der Waals surface area contributed by atoms with Crippen LogP contribution in [0.5, 0.6) is 0 Å². The van der Waals surface area contributed by atoms with Gasteiger partial charge in [0.25, 0.3) is 0 Å². The number of nitrogens with one attached hydrogen (secondary N) is 1. The van der Waals surface area contributed by atoms with Gasteiger partial charge >= 0.3 is 0 Å². The Balaban J connectivity index is 2.23. The summed E-state index contributed by atoms with van der Waals surface area (Å²) in [6, 6.07) is 0. The van der Waals surface area contributed by atoms with Gasteiger partial charge < -0.3 is 5.73 Å². The van der Waals surface area contributed by atoms with E-state index in [2.05, 4.69) is 15.2 Å². The number of hydrogen-bond acceptors (Lipinski definition) is 3. The van der Waals surface area contributed by atoms with Crippen molar-refractivity contribution >= 4 is 0 Å². The molecule has 0 atom stereocenters. The van der Waals surface area contributed by atoms with Crippen LogP contribution in [0.4, 0.5) is 0 Å². The molecule has 0 unspecified atom stereocenters. The molecule has 0 spiro atoms. The van der Waals surface area contributed by atoms with E-state index in [-0.39, 0.29) is 5.41 Å². The highest BCUT2D eigenvalue weighted by Crippen LogP contribution is 2.35. The Morgan fingerprint density at radius 2 is 2.00 bits per heavy atom. The molecule has 14 heavy (non-hydrogen) atoms. The Morgan fingerprint density at radius 1 is 1.29 bits per heavy atom. The molecule has 1 heterocycles. The number of H-pyrrole nitrogens is 1. The molecule has 2 rings (SSSR count). The SMILES string of the molecule is NCC1(c2ncn[nH]2)CCCCCC1. The van der Waals surface area contributed by atoms with Gasteiger partial charge in [0.15, 0.2) is 0 Å². The maximum absolute atomic E-state index is 5.91. The largest absolute Gasteiger partial charge is 0.329 e. The number of nitrogens with zero attached hydrogens (tertiary/aromatic N) is 2. The van der Waals surface area contributed by atoms with Crippen LogP contribution in [0.15, 0.2) is 6.33 Å². The molecule has 3 N–H and O–H groups in total. The third-order valence-corrected chi connectivity index (χ3v) is 3.37. The first-order chi connectivity index (χ1) is 6.87. The van der Waals surface area contributed by atoms with E-state index in [9.17, 15) is 0 Å². The van der Waals surface area contributed by atoms with Gasteiger partial charge in [-0.3, -0.25) is 5.10 Å². The van der Waals surface area contributed by atoms with E-state index in [1.54, 1.807) is 6.33 Å². The summed E-state index contributed by atoms with van der Waals surface area (Å²) in [5, 5.41) is 6.91. The lowest BCUT2D eigenvalue weighted by Crippen LogP contribution is -2.35. The molecular weight excluding hydrogens is 176 g/mol. The van der Waals surface area contributed by atoms with Gasteiger partial charge in [0.2, 0.25) is 0 Å². The van der Waals surface area contributed by atoms with Gasteiger partial charge in [-0.1, -0.05) is 25.7 Å². The van der Waals surface area contributed by atoms with E-state index in [0.717, 1.165) is 18.7 Å². The van der Waals surface area contributed by atoms with Crippen LogP contribution in [-0.2, 0) is 5.41 Å². The zero-order valence-electron chi connectivity index (χ0n) is 8.50.